The Bertz CT molecular complexity index is 587. The number of aryl methyl sites for hydroxylation is 1. The molecular formula is C17H16O2. The number of ketones is 1. The summed E-state index contributed by atoms with van der Waals surface area (Å²) in [5.74, 6) is 1.19. The SMILES string of the molecule is O=C(CCc1cccc2c1OCC2)c1ccccc1. The lowest BCUT2D eigenvalue weighted by molar-refractivity contribution is 0.0982. The first kappa shape index (κ1) is 12.0. The first-order valence-electron chi connectivity index (χ1n) is 6.66. The fourth-order valence-corrected chi connectivity index (χ4v) is 2.50. The van der Waals surface area contributed by atoms with E-state index in [4.69, 9.17) is 4.74 Å². The van der Waals surface area contributed by atoms with Gasteiger partial charge in [0.1, 0.15) is 5.75 Å². The molecule has 0 spiro atoms. The third kappa shape index (κ3) is 2.53. The Labute approximate surface area is 113 Å². The van der Waals surface area contributed by atoms with Crippen molar-refractivity contribution < 1.29 is 9.53 Å². The van der Waals surface area contributed by atoms with Gasteiger partial charge in [-0.3, -0.25) is 4.79 Å². The number of carbonyl (C=O) groups is 1. The average molecular weight is 252 g/mol. The first-order chi connectivity index (χ1) is 9.34. The van der Waals surface area contributed by atoms with E-state index in [0.717, 1.165) is 36.3 Å². The van der Waals surface area contributed by atoms with E-state index >= 15 is 0 Å². The minimum atomic E-state index is 0.191. The molecule has 0 saturated carbocycles. The van der Waals surface area contributed by atoms with Crippen LogP contribution in [-0.2, 0) is 12.8 Å². The summed E-state index contributed by atoms with van der Waals surface area (Å²) in [7, 11) is 0. The normalized spacial score (nSPS) is 12.8. The van der Waals surface area contributed by atoms with Gasteiger partial charge in [0, 0.05) is 18.4 Å². The van der Waals surface area contributed by atoms with Gasteiger partial charge in [-0.05, 0) is 17.5 Å². The number of fused-ring (bicyclic) bond motifs is 1. The van der Waals surface area contributed by atoms with Gasteiger partial charge < -0.3 is 4.74 Å². The standard InChI is InChI=1S/C17H16O2/c18-16(13-5-2-1-3-6-13)10-9-14-7-4-8-15-11-12-19-17(14)15/h1-8H,9-12H2. The zero-order valence-electron chi connectivity index (χ0n) is 10.8. The summed E-state index contributed by atoms with van der Waals surface area (Å²) in [6, 6.07) is 15.7. The summed E-state index contributed by atoms with van der Waals surface area (Å²) in [5.41, 5.74) is 3.21. The van der Waals surface area contributed by atoms with Gasteiger partial charge >= 0.3 is 0 Å². The van der Waals surface area contributed by atoms with Crippen molar-refractivity contribution in [3.63, 3.8) is 0 Å². The number of ether oxygens (including phenoxy) is 1. The van der Waals surface area contributed by atoms with E-state index in [0.29, 0.717) is 6.42 Å². The molecular weight excluding hydrogens is 236 g/mol. The number of hydrogen-bond acceptors (Lipinski definition) is 2. The highest BCUT2D eigenvalue weighted by Crippen LogP contribution is 2.30. The maximum atomic E-state index is 12.1. The minimum absolute atomic E-state index is 0.191. The molecule has 1 heterocycles. The molecule has 0 N–H and O–H groups in total. The van der Waals surface area contributed by atoms with Crippen LogP contribution in [0.2, 0.25) is 0 Å². The van der Waals surface area contributed by atoms with E-state index in [2.05, 4.69) is 18.2 Å². The molecule has 1 aliphatic rings. The summed E-state index contributed by atoms with van der Waals surface area (Å²) < 4.78 is 5.66. The van der Waals surface area contributed by atoms with Crippen molar-refractivity contribution in [3.8, 4) is 5.75 Å². The van der Waals surface area contributed by atoms with Crippen molar-refractivity contribution in [3.05, 3.63) is 65.2 Å². The molecule has 0 unspecified atom stereocenters. The fraction of sp³-hybridized carbons (Fsp3) is 0.235. The molecule has 0 amide bonds. The highest BCUT2D eigenvalue weighted by Gasteiger charge is 2.16. The Balaban J connectivity index is 1.70. The molecule has 0 atom stereocenters. The molecule has 2 heteroatoms. The van der Waals surface area contributed by atoms with Crippen LogP contribution in [0.4, 0.5) is 0 Å². The smallest absolute Gasteiger partial charge is 0.163 e. The zero-order valence-corrected chi connectivity index (χ0v) is 10.8. The topological polar surface area (TPSA) is 26.3 Å². The molecule has 2 aromatic rings. The molecule has 1 aliphatic heterocycles. The highest BCUT2D eigenvalue weighted by molar-refractivity contribution is 5.96. The lowest BCUT2D eigenvalue weighted by atomic mass is 10.0. The molecule has 3 rings (SSSR count). The first-order valence-corrected chi connectivity index (χ1v) is 6.66. The number of hydrogen-bond donors (Lipinski definition) is 0. The van der Waals surface area contributed by atoms with Crippen molar-refractivity contribution in [2.75, 3.05) is 6.61 Å². The second-order valence-corrected chi connectivity index (χ2v) is 4.79. The largest absolute Gasteiger partial charge is 0.493 e. The molecule has 0 fully saturated rings. The number of benzene rings is 2. The fourth-order valence-electron chi connectivity index (χ4n) is 2.50. The van der Waals surface area contributed by atoms with Crippen LogP contribution in [-0.4, -0.2) is 12.4 Å². The number of para-hydroxylation sites is 1. The molecule has 19 heavy (non-hydrogen) atoms. The summed E-state index contributed by atoms with van der Waals surface area (Å²) in [4.78, 5) is 12.1. The van der Waals surface area contributed by atoms with Crippen molar-refractivity contribution in [2.45, 2.75) is 19.3 Å². The van der Waals surface area contributed by atoms with Crippen LogP contribution in [0, 0.1) is 0 Å². The molecule has 96 valence electrons. The maximum absolute atomic E-state index is 12.1. The molecule has 0 aliphatic carbocycles. The average Bonchev–Trinajstić information content (AvgIpc) is 2.94. The van der Waals surface area contributed by atoms with Gasteiger partial charge in [-0.25, -0.2) is 0 Å². The van der Waals surface area contributed by atoms with Crippen LogP contribution in [0.1, 0.15) is 27.9 Å². The van der Waals surface area contributed by atoms with Crippen LogP contribution >= 0.6 is 0 Å². The predicted molar refractivity (Wildman–Crippen MR) is 74.7 cm³/mol. The van der Waals surface area contributed by atoms with E-state index in [1.54, 1.807) is 0 Å². The number of carbonyl (C=O) groups excluding carboxylic acids is 1. The third-order valence-electron chi connectivity index (χ3n) is 3.51. The summed E-state index contributed by atoms with van der Waals surface area (Å²) in [5, 5.41) is 0. The van der Waals surface area contributed by atoms with Gasteiger partial charge in [0.15, 0.2) is 5.78 Å². The van der Waals surface area contributed by atoms with Gasteiger partial charge in [-0.15, -0.1) is 0 Å². The molecule has 2 aromatic carbocycles. The molecule has 0 radical (unpaired) electrons. The van der Waals surface area contributed by atoms with Crippen LogP contribution in [0.5, 0.6) is 5.75 Å². The zero-order chi connectivity index (χ0) is 13.1. The Kier molecular flexibility index (Phi) is 3.32. The second kappa shape index (κ2) is 5.27. The monoisotopic (exact) mass is 252 g/mol. The van der Waals surface area contributed by atoms with Crippen LogP contribution in [0.3, 0.4) is 0 Å². The van der Waals surface area contributed by atoms with Gasteiger partial charge in [0.05, 0.1) is 6.61 Å². The molecule has 0 saturated heterocycles. The highest BCUT2D eigenvalue weighted by atomic mass is 16.5. The van der Waals surface area contributed by atoms with E-state index in [1.807, 2.05) is 30.3 Å². The third-order valence-corrected chi connectivity index (χ3v) is 3.51. The Hall–Kier alpha value is -2.09. The van der Waals surface area contributed by atoms with Gasteiger partial charge in [-0.2, -0.15) is 0 Å². The number of Topliss-reactive ketones (excluding diaryl/α,β-unsaturated/α-hetero) is 1. The molecule has 0 aromatic heterocycles. The van der Waals surface area contributed by atoms with E-state index in [1.165, 1.54) is 5.56 Å². The van der Waals surface area contributed by atoms with Crippen LogP contribution in [0.15, 0.2) is 48.5 Å². The van der Waals surface area contributed by atoms with Crippen LogP contribution in [0.25, 0.3) is 0 Å². The van der Waals surface area contributed by atoms with Crippen molar-refractivity contribution >= 4 is 5.78 Å². The quantitative estimate of drug-likeness (QED) is 0.779. The van der Waals surface area contributed by atoms with Crippen LogP contribution < -0.4 is 4.74 Å². The molecule has 0 bridgehead atoms. The van der Waals surface area contributed by atoms with E-state index < -0.39 is 0 Å². The lowest BCUT2D eigenvalue weighted by Gasteiger charge is -2.07. The summed E-state index contributed by atoms with van der Waals surface area (Å²) in [6.07, 6.45) is 2.26. The van der Waals surface area contributed by atoms with E-state index in [9.17, 15) is 4.79 Å². The number of rotatable bonds is 4. The Morgan fingerprint density at radius 1 is 1.05 bits per heavy atom. The predicted octanol–water partition coefficient (Wildman–Crippen LogP) is 3.44. The lowest BCUT2D eigenvalue weighted by Crippen LogP contribution is -2.01. The van der Waals surface area contributed by atoms with Gasteiger partial charge in [0.2, 0.25) is 0 Å². The summed E-state index contributed by atoms with van der Waals surface area (Å²) in [6.45, 7) is 0.763. The van der Waals surface area contributed by atoms with Gasteiger partial charge in [0.25, 0.3) is 0 Å². The molecule has 2 nitrogen and oxygen atoms in total. The van der Waals surface area contributed by atoms with Gasteiger partial charge in [-0.1, -0.05) is 48.5 Å². The second-order valence-electron chi connectivity index (χ2n) is 4.79. The Morgan fingerprint density at radius 3 is 2.74 bits per heavy atom. The van der Waals surface area contributed by atoms with Crippen molar-refractivity contribution in [2.24, 2.45) is 0 Å². The van der Waals surface area contributed by atoms with E-state index in [-0.39, 0.29) is 5.78 Å². The maximum Gasteiger partial charge on any atom is 0.163 e. The van der Waals surface area contributed by atoms with Crippen molar-refractivity contribution in [1.29, 1.82) is 0 Å². The minimum Gasteiger partial charge on any atom is -0.493 e. The van der Waals surface area contributed by atoms with Crippen molar-refractivity contribution in [1.82, 2.24) is 0 Å². The Morgan fingerprint density at radius 2 is 1.89 bits per heavy atom. The summed E-state index contributed by atoms with van der Waals surface area (Å²) >= 11 is 0.